The lowest BCUT2D eigenvalue weighted by atomic mass is 10.5. The van der Waals surface area contributed by atoms with Gasteiger partial charge in [-0.2, -0.15) is 15.5 Å². The van der Waals surface area contributed by atoms with Crippen molar-refractivity contribution in [2.45, 2.75) is 0 Å². The number of aliphatic imine (C=N–C) groups is 1. The van der Waals surface area contributed by atoms with Crippen molar-refractivity contribution in [3.8, 4) is 0 Å². The Morgan fingerprint density at radius 2 is 2.62 bits per heavy atom. The Balaban J connectivity index is 2.72. The number of nitrogens with zero attached hydrogens (tertiary/aromatic N) is 3. The highest BCUT2D eigenvalue weighted by Gasteiger charge is 1.93. The van der Waals surface area contributed by atoms with Crippen molar-refractivity contribution in [1.29, 1.82) is 0 Å². The van der Waals surface area contributed by atoms with Gasteiger partial charge in [0.05, 0.1) is 12.4 Å². The molecule has 4 nitrogen and oxygen atoms in total. The van der Waals surface area contributed by atoms with E-state index in [0.29, 0.717) is 5.70 Å². The summed E-state index contributed by atoms with van der Waals surface area (Å²) in [7, 11) is 0. The lowest BCUT2D eigenvalue weighted by Gasteiger charge is -1.70. The summed E-state index contributed by atoms with van der Waals surface area (Å²) < 4.78 is 0. The molecule has 0 fully saturated rings. The van der Waals surface area contributed by atoms with Crippen LogP contribution in [0.2, 0.25) is 0 Å². The second kappa shape index (κ2) is 2.04. The van der Waals surface area contributed by atoms with E-state index in [9.17, 15) is 4.79 Å². The molecule has 1 radical (unpaired) electrons. The van der Waals surface area contributed by atoms with Gasteiger partial charge in [-0.1, -0.05) is 0 Å². The summed E-state index contributed by atoms with van der Waals surface area (Å²) in [4.78, 5) is 12.8. The summed E-state index contributed by atoms with van der Waals surface area (Å²) in [6.45, 7) is 0. The third-order valence-corrected chi connectivity index (χ3v) is 0.621. The predicted molar refractivity (Wildman–Crippen MR) is 26.8 cm³/mol. The molecule has 39 valence electrons. The van der Waals surface area contributed by atoms with Crippen LogP contribution in [0.3, 0.4) is 0 Å². The fraction of sp³-hybridized carbons (Fsp3) is 0. The van der Waals surface area contributed by atoms with Crippen LogP contribution in [-0.4, -0.2) is 12.3 Å². The largest absolute Gasteiger partial charge is 0.240 e. The molecule has 0 saturated carbocycles. The number of allylic oxidation sites excluding steroid dienone is 1. The normalized spacial score (nSPS) is 14.2. The summed E-state index contributed by atoms with van der Waals surface area (Å²) in [6.07, 6.45) is 4.12. The van der Waals surface area contributed by atoms with Gasteiger partial charge in [-0.3, -0.25) is 0 Å². The van der Waals surface area contributed by atoms with Gasteiger partial charge >= 0.3 is 0 Å². The topological polar surface area (TPSA) is 55.9 Å². The van der Waals surface area contributed by atoms with E-state index < -0.39 is 0 Å². The quantitative estimate of drug-likeness (QED) is 0.338. The Kier molecular flexibility index (Phi) is 1.21. The molecule has 0 saturated heterocycles. The molecule has 0 aromatic heterocycles. The van der Waals surface area contributed by atoms with E-state index in [4.69, 9.17) is 0 Å². The van der Waals surface area contributed by atoms with Crippen molar-refractivity contribution in [2.75, 3.05) is 0 Å². The number of isocyanates is 1. The molecule has 0 unspecified atom stereocenters. The molecule has 0 aliphatic carbocycles. The summed E-state index contributed by atoms with van der Waals surface area (Å²) >= 11 is 0. The maximum atomic E-state index is 9.52. The highest BCUT2D eigenvalue weighted by molar-refractivity contribution is 5.80. The van der Waals surface area contributed by atoms with Crippen molar-refractivity contribution in [3.63, 3.8) is 0 Å². The third kappa shape index (κ3) is 0.802. The predicted octanol–water partition coefficient (Wildman–Crippen LogP) is -0.233. The molecular formula is C4H2N3O. The maximum absolute atomic E-state index is 9.52. The molecule has 8 heavy (non-hydrogen) atoms. The first-order valence-electron chi connectivity index (χ1n) is 1.95. The molecular weight excluding hydrogens is 106 g/mol. The molecule has 0 aromatic carbocycles. The highest BCUT2D eigenvalue weighted by atomic mass is 16.1. The Labute approximate surface area is 45.6 Å². The fourth-order valence-corrected chi connectivity index (χ4v) is 0.329. The molecule has 1 aliphatic rings. The van der Waals surface area contributed by atoms with Crippen LogP contribution in [-0.2, 0) is 4.79 Å². The second-order valence-electron chi connectivity index (χ2n) is 1.12. The van der Waals surface area contributed by atoms with Crippen molar-refractivity contribution < 1.29 is 4.79 Å². The zero-order valence-corrected chi connectivity index (χ0v) is 3.90. The zero-order valence-electron chi connectivity index (χ0n) is 3.90. The summed E-state index contributed by atoms with van der Waals surface area (Å²) in [5.74, 6) is 0. The van der Waals surface area contributed by atoms with Crippen LogP contribution in [0.4, 0.5) is 0 Å². The van der Waals surface area contributed by atoms with Crippen LogP contribution < -0.4 is 5.43 Å². The van der Waals surface area contributed by atoms with E-state index in [1.807, 2.05) is 0 Å². The van der Waals surface area contributed by atoms with Crippen molar-refractivity contribution in [1.82, 2.24) is 5.43 Å². The molecule has 0 amide bonds. The standard InChI is InChI=1S/C4H2N3O/c8-3-5-4-1-6-7-2-4/h1-2H. The van der Waals surface area contributed by atoms with Gasteiger partial charge < -0.3 is 0 Å². The molecule has 1 rings (SSSR count). The Morgan fingerprint density at radius 1 is 1.75 bits per heavy atom. The van der Waals surface area contributed by atoms with Gasteiger partial charge in [-0.25, -0.2) is 4.79 Å². The molecule has 0 atom stereocenters. The molecule has 1 heterocycles. The van der Waals surface area contributed by atoms with E-state index in [1.165, 1.54) is 18.5 Å². The Bertz CT molecular complexity index is 187. The SMILES string of the molecule is O=C=NC1=C[N]N=C1. The van der Waals surface area contributed by atoms with Crippen molar-refractivity contribution in [3.05, 3.63) is 11.9 Å². The molecule has 0 bridgehead atoms. The number of rotatable bonds is 1. The molecule has 4 heteroatoms. The first-order valence-corrected chi connectivity index (χ1v) is 1.95. The van der Waals surface area contributed by atoms with Crippen LogP contribution in [0, 0.1) is 0 Å². The van der Waals surface area contributed by atoms with E-state index in [0.717, 1.165) is 0 Å². The van der Waals surface area contributed by atoms with Gasteiger partial charge in [0.15, 0.2) is 0 Å². The molecule has 0 aromatic rings. The van der Waals surface area contributed by atoms with Crippen molar-refractivity contribution in [2.24, 2.45) is 10.1 Å². The van der Waals surface area contributed by atoms with E-state index >= 15 is 0 Å². The maximum Gasteiger partial charge on any atom is 0.240 e. The first kappa shape index (κ1) is 4.74. The Morgan fingerprint density at radius 3 is 3.12 bits per heavy atom. The van der Waals surface area contributed by atoms with Crippen LogP contribution in [0.5, 0.6) is 0 Å². The molecule has 0 spiro atoms. The minimum atomic E-state index is 0.444. The summed E-state index contributed by atoms with van der Waals surface area (Å²) in [5.41, 5.74) is 3.86. The fourth-order valence-electron chi connectivity index (χ4n) is 0.329. The minimum absolute atomic E-state index is 0.444. The van der Waals surface area contributed by atoms with Gasteiger partial charge in [0.25, 0.3) is 0 Å². The minimum Gasteiger partial charge on any atom is -0.211 e. The average Bonchev–Trinajstić information content (AvgIpc) is 2.19. The van der Waals surface area contributed by atoms with E-state index in [1.54, 1.807) is 0 Å². The van der Waals surface area contributed by atoms with E-state index in [2.05, 4.69) is 15.5 Å². The van der Waals surface area contributed by atoms with Crippen LogP contribution in [0.1, 0.15) is 0 Å². The zero-order chi connectivity index (χ0) is 5.82. The van der Waals surface area contributed by atoms with Gasteiger partial charge in [0, 0.05) is 0 Å². The van der Waals surface area contributed by atoms with Gasteiger partial charge in [0.2, 0.25) is 6.08 Å². The average molecular weight is 108 g/mol. The second-order valence-corrected chi connectivity index (χ2v) is 1.12. The molecule has 1 aliphatic heterocycles. The van der Waals surface area contributed by atoms with Gasteiger partial charge in [-0.15, -0.1) is 0 Å². The monoisotopic (exact) mass is 108 g/mol. The van der Waals surface area contributed by atoms with Crippen LogP contribution in [0.25, 0.3) is 0 Å². The lowest BCUT2D eigenvalue weighted by molar-refractivity contribution is 0.565. The highest BCUT2D eigenvalue weighted by Crippen LogP contribution is 1.94. The van der Waals surface area contributed by atoms with Gasteiger partial charge in [0.1, 0.15) is 5.70 Å². The Hall–Kier alpha value is -1.41. The first-order chi connectivity index (χ1) is 3.93. The van der Waals surface area contributed by atoms with Gasteiger partial charge in [-0.05, 0) is 0 Å². The lowest BCUT2D eigenvalue weighted by Crippen LogP contribution is -1.72. The number of hydrogen-bond acceptors (Lipinski definition) is 3. The van der Waals surface area contributed by atoms with E-state index in [-0.39, 0.29) is 0 Å². The summed E-state index contributed by atoms with van der Waals surface area (Å²) in [6, 6.07) is 0. The number of hydrogen-bond donors (Lipinski definition) is 0. The third-order valence-electron chi connectivity index (χ3n) is 0.621. The molecule has 0 N–H and O–H groups in total. The van der Waals surface area contributed by atoms with Crippen molar-refractivity contribution >= 4 is 12.3 Å². The smallest absolute Gasteiger partial charge is 0.211 e. The summed E-state index contributed by atoms with van der Waals surface area (Å²) in [5, 5.41) is 3.42. The van der Waals surface area contributed by atoms with Crippen LogP contribution in [0.15, 0.2) is 22.0 Å². The number of carbonyl (C=O) groups excluding carboxylic acids is 1. The van der Waals surface area contributed by atoms with Crippen LogP contribution >= 0.6 is 0 Å².